The maximum atomic E-state index is 12.0. The molecule has 0 radical (unpaired) electrons. The Labute approximate surface area is 64.2 Å². The molecule has 1 nitrogen and oxygen atoms in total. The van der Waals surface area contributed by atoms with Gasteiger partial charge in [0.1, 0.15) is 0 Å². The van der Waals surface area contributed by atoms with Crippen molar-refractivity contribution < 1.29 is 9.18 Å². The van der Waals surface area contributed by atoms with Crippen LogP contribution in [0.2, 0.25) is 0 Å². The van der Waals surface area contributed by atoms with Gasteiger partial charge in [-0.3, -0.25) is 4.79 Å². The zero-order valence-corrected chi connectivity index (χ0v) is 5.83. The fourth-order valence-electron chi connectivity index (χ4n) is 0.787. The van der Waals surface area contributed by atoms with Crippen LogP contribution in [-0.2, 0) is 4.79 Å². The van der Waals surface area contributed by atoms with E-state index in [0.717, 1.165) is 0 Å². The van der Waals surface area contributed by atoms with Gasteiger partial charge in [0.15, 0.2) is 6.29 Å². The first-order valence-corrected chi connectivity index (χ1v) is 3.19. The Morgan fingerprint density at radius 2 is 1.91 bits per heavy atom. The van der Waals surface area contributed by atoms with Crippen molar-refractivity contribution in [3.8, 4) is 0 Å². The number of carbonyl (C=O) groups is 1. The highest BCUT2D eigenvalue weighted by Crippen LogP contribution is 2.10. The lowest BCUT2D eigenvalue weighted by molar-refractivity contribution is -0.103. The van der Waals surface area contributed by atoms with Crippen molar-refractivity contribution in [1.82, 2.24) is 0 Å². The molecule has 0 aliphatic rings. The number of halogens is 1. The minimum absolute atomic E-state index is 0.0746. The van der Waals surface area contributed by atoms with Crippen molar-refractivity contribution in [2.75, 3.05) is 0 Å². The van der Waals surface area contributed by atoms with E-state index in [2.05, 4.69) is 0 Å². The lowest BCUT2D eigenvalue weighted by Crippen LogP contribution is -1.82. The molecule has 0 aliphatic carbocycles. The quantitative estimate of drug-likeness (QED) is 0.466. The monoisotopic (exact) mass is 150 g/mol. The molecule has 0 N–H and O–H groups in total. The predicted octanol–water partition coefficient (Wildman–Crippen LogP) is 2.20. The van der Waals surface area contributed by atoms with Crippen LogP contribution < -0.4 is 0 Å². The Hall–Kier alpha value is -1.44. The smallest absolute Gasteiger partial charge is 0.152 e. The second-order valence-corrected chi connectivity index (χ2v) is 2.05. The third-order valence-electron chi connectivity index (χ3n) is 1.35. The summed E-state index contributed by atoms with van der Waals surface area (Å²) in [6.07, 6.45) is 0.803. The van der Waals surface area contributed by atoms with E-state index in [1.807, 2.05) is 6.07 Å². The van der Waals surface area contributed by atoms with Crippen LogP contribution >= 0.6 is 0 Å². The van der Waals surface area contributed by atoms with Crippen molar-refractivity contribution in [1.29, 1.82) is 0 Å². The van der Waals surface area contributed by atoms with E-state index in [9.17, 15) is 9.18 Å². The van der Waals surface area contributed by atoms with Crippen molar-refractivity contribution in [3.05, 3.63) is 42.2 Å². The van der Waals surface area contributed by atoms with Crippen molar-refractivity contribution in [2.45, 2.75) is 0 Å². The standard InChI is InChI=1S/C9H7FO/c10-6-9(7-11)8-4-2-1-3-5-8/h1-7H. The normalized spacial score (nSPS) is 11.2. The fraction of sp³-hybridized carbons (Fsp3) is 0. The van der Waals surface area contributed by atoms with Gasteiger partial charge in [-0.25, -0.2) is 4.39 Å². The summed E-state index contributed by atoms with van der Waals surface area (Å²) >= 11 is 0. The Bertz CT molecular complexity index is 264. The molecule has 0 unspecified atom stereocenters. The molecule has 0 saturated carbocycles. The summed E-state index contributed by atoms with van der Waals surface area (Å²) in [5.41, 5.74) is 0.676. The number of benzene rings is 1. The molecule has 1 aromatic rings. The molecular weight excluding hydrogens is 143 g/mol. The maximum Gasteiger partial charge on any atom is 0.152 e. The molecule has 56 valence electrons. The van der Waals surface area contributed by atoms with Crippen LogP contribution in [0, 0.1) is 0 Å². The van der Waals surface area contributed by atoms with E-state index in [-0.39, 0.29) is 5.57 Å². The zero-order valence-electron chi connectivity index (χ0n) is 5.83. The number of hydrogen-bond donors (Lipinski definition) is 0. The second kappa shape index (κ2) is 3.66. The van der Waals surface area contributed by atoms with Crippen LogP contribution in [-0.4, -0.2) is 6.29 Å². The van der Waals surface area contributed by atoms with Crippen molar-refractivity contribution in [3.63, 3.8) is 0 Å². The molecule has 0 atom stereocenters. The van der Waals surface area contributed by atoms with E-state index in [4.69, 9.17) is 0 Å². The highest BCUT2D eigenvalue weighted by Gasteiger charge is 1.96. The minimum Gasteiger partial charge on any atom is -0.298 e. The molecule has 0 saturated heterocycles. The summed E-state index contributed by atoms with van der Waals surface area (Å²) in [6, 6.07) is 8.68. The molecular formula is C9H7FO. The summed E-state index contributed by atoms with van der Waals surface area (Å²) in [4.78, 5) is 10.2. The lowest BCUT2D eigenvalue weighted by atomic mass is 10.1. The highest BCUT2D eigenvalue weighted by molar-refractivity contribution is 6.06. The molecule has 11 heavy (non-hydrogen) atoms. The highest BCUT2D eigenvalue weighted by atomic mass is 19.1. The third kappa shape index (κ3) is 1.74. The Kier molecular flexibility index (Phi) is 2.55. The maximum absolute atomic E-state index is 12.0. The number of allylic oxidation sites excluding steroid dienone is 1. The molecule has 0 aliphatic heterocycles. The van der Waals surface area contributed by atoms with Crippen LogP contribution in [0.5, 0.6) is 0 Å². The third-order valence-corrected chi connectivity index (χ3v) is 1.35. The van der Waals surface area contributed by atoms with Crippen LogP contribution in [0.15, 0.2) is 36.7 Å². The first-order valence-electron chi connectivity index (χ1n) is 3.19. The van der Waals surface area contributed by atoms with Gasteiger partial charge in [0.25, 0.3) is 0 Å². The van der Waals surface area contributed by atoms with Crippen LogP contribution in [0.3, 0.4) is 0 Å². The van der Waals surface area contributed by atoms with E-state index < -0.39 is 0 Å². The van der Waals surface area contributed by atoms with Gasteiger partial charge in [0, 0.05) is 5.57 Å². The SMILES string of the molecule is O=CC(=CF)c1ccccc1. The Balaban J connectivity index is 3.01. The second-order valence-electron chi connectivity index (χ2n) is 2.05. The summed E-state index contributed by atoms with van der Waals surface area (Å²) in [5.74, 6) is 0. The predicted molar refractivity (Wildman–Crippen MR) is 41.6 cm³/mol. The average molecular weight is 150 g/mol. The number of aldehydes is 1. The summed E-state index contributed by atoms with van der Waals surface area (Å²) in [6.45, 7) is 0. The van der Waals surface area contributed by atoms with E-state index in [0.29, 0.717) is 18.2 Å². The summed E-state index contributed by atoms with van der Waals surface area (Å²) in [7, 11) is 0. The van der Waals surface area contributed by atoms with Gasteiger partial charge in [-0.05, 0) is 5.56 Å². The van der Waals surface area contributed by atoms with E-state index in [1.54, 1.807) is 24.3 Å². The van der Waals surface area contributed by atoms with Gasteiger partial charge in [-0.1, -0.05) is 30.3 Å². The topological polar surface area (TPSA) is 17.1 Å². The summed E-state index contributed by atoms with van der Waals surface area (Å²) in [5, 5.41) is 0. The molecule has 0 aromatic heterocycles. The fourth-order valence-corrected chi connectivity index (χ4v) is 0.787. The van der Waals surface area contributed by atoms with E-state index in [1.165, 1.54) is 0 Å². The number of carbonyl (C=O) groups excluding carboxylic acids is 1. The molecule has 1 rings (SSSR count). The van der Waals surface area contributed by atoms with E-state index >= 15 is 0 Å². The van der Waals surface area contributed by atoms with Crippen LogP contribution in [0.4, 0.5) is 4.39 Å². The Morgan fingerprint density at radius 3 is 2.36 bits per heavy atom. The minimum atomic E-state index is 0.0746. The van der Waals surface area contributed by atoms with Gasteiger partial charge in [0.05, 0.1) is 6.33 Å². The lowest BCUT2D eigenvalue weighted by Gasteiger charge is -1.94. The Morgan fingerprint density at radius 1 is 1.27 bits per heavy atom. The molecule has 0 spiro atoms. The zero-order chi connectivity index (χ0) is 8.10. The molecule has 2 heteroatoms. The molecule has 1 aromatic carbocycles. The largest absolute Gasteiger partial charge is 0.298 e. The van der Waals surface area contributed by atoms with Gasteiger partial charge < -0.3 is 0 Å². The molecule has 0 amide bonds. The molecule has 0 heterocycles. The van der Waals surface area contributed by atoms with Gasteiger partial charge in [0.2, 0.25) is 0 Å². The van der Waals surface area contributed by atoms with Crippen molar-refractivity contribution in [2.24, 2.45) is 0 Å². The average Bonchev–Trinajstić information content (AvgIpc) is 2.09. The number of hydrogen-bond acceptors (Lipinski definition) is 1. The molecule has 0 fully saturated rings. The summed E-state index contributed by atoms with van der Waals surface area (Å²) < 4.78 is 12.0. The molecule has 0 bridgehead atoms. The van der Waals surface area contributed by atoms with Crippen molar-refractivity contribution >= 4 is 11.9 Å². The van der Waals surface area contributed by atoms with Crippen LogP contribution in [0.25, 0.3) is 5.57 Å². The van der Waals surface area contributed by atoms with Gasteiger partial charge >= 0.3 is 0 Å². The van der Waals surface area contributed by atoms with Crippen LogP contribution in [0.1, 0.15) is 5.56 Å². The first kappa shape index (κ1) is 7.66. The number of rotatable bonds is 2. The van der Waals surface area contributed by atoms with Gasteiger partial charge in [-0.15, -0.1) is 0 Å². The first-order chi connectivity index (χ1) is 5.38. The van der Waals surface area contributed by atoms with Gasteiger partial charge in [-0.2, -0.15) is 0 Å².